The van der Waals surface area contributed by atoms with E-state index in [1.54, 1.807) is 29.1 Å². The standard InChI is InChI=1S/C17H13ClN4O/c18-11-3-7-20-12(8-11)10-22-16-14(2-1-5-21-16)13-4-6-19-9-15(13)17(22)23/h1-3,5-8H,4,9-10H2. The molecule has 4 rings (SSSR count). The van der Waals surface area contributed by atoms with E-state index < -0.39 is 0 Å². The Kier molecular flexibility index (Phi) is 3.42. The van der Waals surface area contributed by atoms with Gasteiger partial charge in [-0.1, -0.05) is 11.6 Å². The number of pyridine rings is 3. The molecule has 0 saturated carbocycles. The third-order valence-corrected chi connectivity index (χ3v) is 4.24. The molecular weight excluding hydrogens is 312 g/mol. The summed E-state index contributed by atoms with van der Waals surface area (Å²) in [5, 5.41) is 1.60. The number of aromatic nitrogens is 3. The number of nitrogens with zero attached hydrogens (tertiary/aromatic N) is 4. The third kappa shape index (κ3) is 2.43. The summed E-state index contributed by atoms with van der Waals surface area (Å²) in [5.74, 6) is 0. The highest BCUT2D eigenvalue weighted by Gasteiger charge is 2.18. The van der Waals surface area contributed by atoms with Crippen LogP contribution in [-0.4, -0.2) is 20.7 Å². The monoisotopic (exact) mass is 324 g/mol. The summed E-state index contributed by atoms with van der Waals surface area (Å²) in [6, 6.07) is 7.37. The van der Waals surface area contributed by atoms with Gasteiger partial charge in [0.2, 0.25) is 0 Å². The van der Waals surface area contributed by atoms with Gasteiger partial charge in [-0.2, -0.15) is 0 Å². The second-order valence-corrected chi connectivity index (χ2v) is 5.85. The van der Waals surface area contributed by atoms with Crippen molar-refractivity contribution in [3.05, 3.63) is 68.9 Å². The highest BCUT2D eigenvalue weighted by Crippen LogP contribution is 2.22. The first-order chi connectivity index (χ1) is 11.2. The average molecular weight is 325 g/mol. The van der Waals surface area contributed by atoms with Crippen molar-refractivity contribution < 1.29 is 0 Å². The van der Waals surface area contributed by atoms with Crippen molar-refractivity contribution in [2.45, 2.75) is 19.5 Å². The van der Waals surface area contributed by atoms with Crippen molar-refractivity contribution in [2.75, 3.05) is 0 Å². The molecule has 0 atom stereocenters. The molecule has 0 N–H and O–H groups in total. The van der Waals surface area contributed by atoms with Crippen LogP contribution in [0.15, 0.2) is 46.4 Å². The molecule has 1 aliphatic heterocycles. The maximum absolute atomic E-state index is 12.9. The molecule has 0 bridgehead atoms. The van der Waals surface area contributed by atoms with Crippen molar-refractivity contribution in [1.29, 1.82) is 0 Å². The minimum absolute atomic E-state index is 0.0511. The fourth-order valence-electron chi connectivity index (χ4n) is 2.95. The largest absolute Gasteiger partial charge is 0.292 e. The molecule has 23 heavy (non-hydrogen) atoms. The lowest BCUT2D eigenvalue weighted by atomic mass is 10.0. The van der Waals surface area contributed by atoms with Crippen LogP contribution in [0.4, 0.5) is 0 Å². The first-order valence-corrected chi connectivity index (χ1v) is 7.70. The van der Waals surface area contributed by atoms with Gasteiger partial charge in [0.25, 0.3) is 5.56 Å². The minimum Gasteiger partial charge on any atom is -0.292 e. The van der Waals surface area contributed by atoms with Crippen molar-refractivity contribution in [3.8, 4) is 0 Å². The van der Waals surface area contributed by atoms with E-state index in [4.69, 9.17) is 11.6 Å². The summed E-state index contributed by atoms with van der Waals surface area (Å²) in [7, 11) is 0. The average Bonchev–Trinajstić information content (AvgIpc) is 2.59. The Hall–Kier alpha value is -2.53. The fraction of sp³-hybridized carbons (Fsp3) is 0.176. The van der Waals surface area contributed by atoms with E-state index in [0.29, 0.717) is 30.2 Å². The van der Waals surface area contributed by atoms with Crippen LogP contribution in [-0.2, 0) is 19.5 Å². The second kappa shape index (κ2) is 5.59. The van der Waals surface area contributed by atoms with Gasteiger partial charge in [0, 0.05) is 41.0 Å². The Morgan fingerprint density at radius 1 is 1.17 bits per heavy atom. The minimum atomic E-state index is -0.0511. The number of rotatable bonds is 2. The summed E-state index contributed by atoms with van der Waals surface area (Å²) in [5.41, 5.74) is 3.13. The van der Waals surface area contributed by atoms with E-state index in [9.17, 15) is 4.79 Å². The Labute approximate surface area is 137 Å². The topological polar surface area (TPSA) is 60.1 Å². The van der Waals surface area contributed by atoms with E-state index in [0.717, 1.165) is 22.2 Å². The van der Waals surface area contributed by atoms with Gasteiger partial charge in [0.1, 0.15) is 5.65 Å². The second-order valence-electron chi connectivity index (χ2n) is 5.42. The molecule has 0 radical (unpaired) electrons. The molecule has 114 valence electrons. The number of fused-ring (bicyclic) bond motifs is 3. The van der Waals surface area contributed by atoms with Gasteiger partial charge < -0.3 is 0 Å². The maximum atomic E-state index is 12.9. The predicted molar refractivity (Wildman–Crippen MR) is 90.3 cm³/mol. The summed E-state index contributed by atoms with van der Waals surface area (Å²) in [6.45, 7) is 0.756. The highest BCUT2D eigenvalue weighted by molar-refractivity contribution is 6.30. The quantitative estimate of drug-likeness (QED) is 0.728. The zero-order valence-corrected chi connectivity index (χ0v) is 13.0. The fourth-order valence-corrected chi connectivity index (χ4v) is 3.13. The van der Waals surface area contributed by atoms with E-state index in [1.165, 1.54) is 0 Å². The van der Waals surface area contributed by atoms with Crippen LogP contribution < -0.4 is 5.56 Å². The van der Waals surface area contributed by atoms with Crippen LogP contribution in [0.1, 0.15) is 16.8 Å². The van der Waals surface area contributed by atoms with Gasteiger partial charge in [-0.3, -0.25) is 19.3 Å². The van der Waals surface area contributed by atoms with Crippen molar-refractivity contribution in [2.24, 2.45) is 4.99 Å². The summed E-state index contributed by atoms with van der Waals surface area (Å²) in [6.07, 6.45) is 5.87. The summed E-state index contributed by atoms with van der Waals surface area (Å²) in [4.78, 5) is 25.9. The Bertz CT molecular complexity index is 994. The van der Waals surface area contributed by atoms with Gasteiger partial charge in [-0.15, -0.1) is 0 Å². The molecule has 6 heteroatoms. The maximum Gasteiger partial charge on any atom is 0.257 e. The van der Waals surface area contributed by atoms with Crippen molar-refractivity contribution in [3.63, 3.8) is 0 Å². The smallest absolute Gasteiger partial charge is 0.257 e. The lowest BCUT2D eigenvalue weighted by Gasteiger charge is -2.17. The number of aliphatic imine (C=N–C) groups is 1. The molecule has 1 aliphatic rings. The Morgan fingerprint density at radius 3 is 2.96 bits per heavy atom. The summed E-state index contributed by atoms with van der Waals surface area (Å²) >= 11 is 6.02. The van der Waals surface area contributed by atoms with E-state index in [1.807, 2.05) is 18.3 Å². The molecule has 0 unspecified atom stereocenters. The molecule has 3 aromatic rings. The first-order valence-electron chi connectivity index (χ1n) is 7.32. The van der Waals surface area contributed by atoms with Gasteiger partial charge >= 0.3 is 0 Å². The zero-order chi connectivity index (χ0) is 15.8. The van der Waals surface area contributed by atoms with Crippen LogP contribution in [0, 0.1) is 0 Å². The van der Waals surface area contributed by atoms with Gasteiger partial charge in [-0.05, 0) is 29.8 Å². The molecule has 5 nitrogen and oxygen atoms in total. The van der Waals surface area contributed by atoms with Crippen LogP contribution in [0.2, 0.25) is 5.02 Å². The molecule has 0 fully saturated rings. The van der Waals surface area contributed by atoms with Gasteiger partial charge in [0.05, 0.1) is 18.8 Å². The summed E-state index contributed by atoms with van der Waals surface area (Å²) < 4.78 is 1.66. The molecule has 0 aromatic carbocycles. The number of hydrogen-bond acceptors (Lipinski definition) is 4. The number of halogens is 1. The molecule has 3 aromatic heterocycles. The van der Waals surface area contributed by atoms with Gasteiger partial charge in [-0.25, -0.2) is 4.98 Å². The molecule has 4 heterocycles. The van der Waals surface area contributed by atoms with E-state index in [-0.39, 0.29) is 5.56 Å². The molecule has 0 spiro atoms. The van der Waals surface area contributed by atoms with Gasteiger partial charge in [0.15, 0.2) is 0 Å². The lowest BCUT2D eigenvalue weighted by molar-refractivity contribution is 0.743. The Morgan fingerprint density at radius 2 is 2.09 bits per heavy atom. The zero-order valence-electron chi connectivity index (χ0n) is 12.2. The van der Waals surface area contributed by atoms with Crippen LogP contribution >= 0.6 is 11.6 Å². The molecule has 0 amide bonds. The molecular formula is C17H13ClN4O. The highest BCUT2D eigenvalue weighted by atomic mass is 35.5. The normalized spacial score (nSPS) is 13.3. The van der Waals surface area contributed by atoms with Crippen molar-refractivity contribution >= 4 is 28.8 Å². The van der Waals surface area contributed by atoms with Crippen LogP contribution in [0.3, 0.4) is 0 Å². The van der Waals surface area contributed by atoms with E-state index >= 15 is 0 Å². The molecule has 0 aliphatic carbocycles. The third-order valence-electron chi connectivity index (χ3n) is 4.01. The first kappa shape index (κ1) is 14.1. The van der Waals surface area contributed by atoms with Crippen LogP contribution in [0.5, 0.6) is 0 Å². The predicted octanol–water partition coefficient (Wildman–Crippen LogP) is 2.62. The van der Waals surface area contributed by atoms with Crippen LogP contribution in [0.25, 0.3) is 11.0 Å². The SMILES string of the molecule is O=c1c2c(c3cccnc3n1Cc1cc(Cl)ccn1)CC=NC2. The van der Waals surface area contributed by atoms with E-state index in [2.05, 4.69) is 15.0 Å². The molecule has 0 saturated heterocycles. The Balaban J connectivity index is 1.96. The lowest BCUT2D eigenvalue weighted by Crippen LogP contribution is -2.28. The van der Waals surface area contributed by atoms with Crippen molar-refractivity contribution in [1.82, 2.24) is 14.5 Å². The number of hydrogen-bond donors (Lipinski definition) is 0.